The smallest absolute Gasteiger partial charge is 0.323 e. The average Bonchev–Trinajstić information content (AvgIpc) is 2.39. The van der Waals surface area contributed by atoms with Crippen LogP contribution >= 0.6 is 0 Å². The van der Waals surface area contributed by atoms with Gasteiger partial charge in [-0.15, -0.1) is 0 Å². The third-order valence-electron chi connectivity index (χ3n) is 2.02. The number of nitrogens with zero attached hydrogens (tertiary/aromatic N) is 4. The Morgan fingerprint density at radius 3 is 2.67 bits per heavy atom. The molecule has 0 atom stereocenters. The number of benzene rings is 1. The summed E-state index contributed by atoms with van der Waals surface area (Å²) in [7, 11) is 0. The van der Waals surface area contributed by atoms with Gasteiger partial charge in [-0.1, -0.05) is 0 Å². The zero-order valence-corrected chi connectivity index (χ0v) is 8.96. The molecule has 2 aromatic rings. The van der Waals surface area contributed by atoms with Crippen molar-refractivity contribution in [3.63, 3.8) is 0 Å². The minimum atomic E-state index is -0.688. The lowest BCUT2D eigenvalue weighted by Gasteiger charge is -2.03. The Balaban J connectivity index is 2.27. The Labute approximate surface area is 102 Å². The lowest BCUT2D eigenvalue weighted by Crippen LogP contribution is -1.94. The Hall–Kier alpha value is -2.99. The normalized spacial score (nSPS) is 9.28. The Morgan fingerprint density at radius 2 is 2.00 bits per heavy atom. The second kappa shape index (κ2) is 4.89. The van der Waals surface area contributed by atoms with E-state index in [4.69, 9.17) is 15.3 Å². The number of hydrogen-bond acceptors (Lipinski definition) is 5. The summed E-state index contributed by atoms with van der Waals surface area (Å²) in [5.74, 6) is -0.534. The predicted molar refractivity (Wildman–Crippen MR) is 57.9 cm³/mol. The van der Waals surface area contributed by atoms with Crippen molar-refractivity contribution in [2.75, 3.05) is 0 Å². The molecule has 0 radical (unpaired) electrons. The van der Waals surface area contributed by atoms with Crippen LogP contribution in [-0.4, -0.2) is 9.97 Å². The summed E-state index contributed by atoms with van der Waals surface area (Å²) in [4.78, 5) is 7.56. The first kappa shape index (κ1) is 11.5. The zero-order chi connectivity index (χ0) is 13.0. The summed E-state index contributed by atoms with van der Waals surface area (Å²) in [5, 5.41) is 17.2. The van der Waals surface area contributed by atoms with Gasteiger partial charge in [0.15, 0.2) is 0 Å². The van der Waals surface area contributed by atoms with Gasteiger partial charge in [0.1, 0.15) is 29.4 Å². The average molecular weight is 240 g/mol. The molecule has 0 amide bonds. The molecule has 0 fully saturated rings. The predicted octanol–water partition coefficient (Wildman–Crippen LogP) is 2.15. The van der Waals surface area contributed by atoms with Crippen LogP contribution in [-0.2, 0) is 0 Å². The summed E-state index contributed by atoms with van der Waals surface area (Å²) < 4.78 is 18.5. The van der Waals surface area contributed by atoms with E-state index < -0.39 is 5.82 Å². The van der Waals surface area contributed by atoms with Crippen LogP contribution in [0, 0.1) is 28.5 Å². The van der Waals surface area contributed by atoms with Crippen LogP contribution in [0.25, 0.3) is 0 Å². The highest BCUT2D eigenvalue weighted by molar-refractivity contribution is 5.37. The Bertz CT molecular complexity index is 673. The summed E-state index contributed by atoms with van der Waals surface area (Å²) in [6, 6.07) is 8.67. The third kappa shape index (κ3) is 2.39. The number of nitriles is 2. The maximum Gasteiger partial charge on any atom is 0.323 e. The summed E-state index contributed by atoms with van der Waals surface area (Å²) in [5.41, 5.74) is 0.0724. The molecule has 86 valence electrons. The number of halogens is 1. The SMILES string of the molecule is N#Cc1ccnc(Oc2ccc(C#N)c(F)c2)n1. The largest absolute Gasteiger partial charge is 0.424 e. The summed E-state index contributed by atoms with van der Waals surface area (Å²) in [6.07, 6.45) is 1.36. The van der Waals surface area contributed by atoms with Gasteiger partial charge in [0.25, 0.3) is 0 Å². The fraction of sp³-hybridized carbons (Fsp3) is 0. The molecule has 0 spiro atoms. The monoisotopic (exact) mass is 240 g/mol. The number of aromatic nitrogens is 2. The highest BCUT2D eigenvalue weighted by atomic mass is 19.1. The summed E-state index contributed by atoms with van der Waals surface area (Å²) in [6.45, 7) is 0. The molecular formula is C12H5FN4O. The third-order valence-corrected chi connectivity index (χ3v) is 2.02. The molecule has 18 heavy (non-hydrogen) atoms. The molecule has 0 bridgehead atoms. The first-order valence-electron chi connectivity index (χ1n) is 4.83. The molecule has 1 aromatic heterocycles. The van der Waals surface area contributed by atoms with Crippen LogP contribution in [0.1, 0.15) is 11.3 Å². The standard InChI is InChI=1S/C12H5FN4O/c13-11-5-10(2-1-8(11)6-14)18-12-16-4-3-9(7-15)17-12/h1-5H. The van der Waals surface area contributed by atoms with E-state index in [1.54, 1.807) is 6.07 Å². The molecule has 6 heteroatoms. The Kier molecular flexibility index (Phi) is 3.13. The molecule has 2 rings (SSSR count). The first-order valence-corrected chi connectivity index (χ1v) is 4.83. The van der Waals surface area contributed by atoms with E-state index in [1.165, 1.54) is 24.4 Å². The van der Waals surface area contributed by atoms with E-state index in [-0.39, 0.29) is 23.0 Å². The molecule has 0 aliphatic carbocycles. The van der Waals surface area contributed by atoms with Gasteiger partial charge >= 0.3 is 6.01 Å². The van der Waals surface area contributed by atoms with Gasteiger partial charge in [0.2, 0.25) is 0 Å². The maximum atomic E-state index is 13.3. The second-order valence-corrected chi connectivity index (χ2v) is 3.19. The topological polar surface area (TPSA) is 82.6 Å². The molecule has 0 aliphatic heterocycles. The quantitative estimate of drug-likeness (QED) is 0.803. The fourth-order valence-corrected chi connectivity index (χ4v) is 1.21. The van der Waals surface area contributed by atoms with E-state index in [0.717, 1.165) is 6.07 Å². The minimum Gasteiger partial charge on any atom is -0.424 e. The van der Waals surface area contributed by atoms with Crippen molar-refractivity contribution in [1.82, 2.24) is 9.97 Å². The van der Waals surface area contributed by atoms with E-state index >= 15 is 0 Å². The molecule has 1 heterocycles. The molecule has 1 aromatic carbocycles. The van der Waals surface area contributed by atoms with Gasteiger partial charge in [-0.3, -0.25) is 0 Å². The van der Waals surface area contributed by atoms with Gasteiger partial charge in [-0.2, -0.15) is 15.5 Å². The van der Waals surface area contributed by atoms with Crippen molar-refractivity contribution >= 4 is 0 Å². The lowest BCUT2D eigenvalue weighted by molar-refractivity contribution is 0.437. The molecule has 0 aliphatic rings. The number of rotatable bonds is 2. The van der Waals surface area contributed by atoms with Crippen LogP contribution in [0.2, 0.25) is 0 Å². The molecular weight excluding hydrogens is 235 g/mol. The highest BCUT2D eigenvalue weighted by Crippen LogP contribution is 2.20. The van der Waals surface area contributed by atoms with Gasteiger partial charge in [0.05, 0.1) is 5.56 Å². The van der Waals surface area contributed by atoms with Gasteiger partial charge in [-0.05, 0) is 18.2 Å². The van der Waals surface area contributed by atoms with Crippen LogP contribution in [0.4, 0.5) is 4.39 Å². The number of ether oxygens (including phenoxy) is 1. The molecule has 0 N–H and O–H groups in total. The molecule has 0 saturated carbocycles. The van der Waals surface area contributed by atoms with E-state index in [9.17, 15) is 4.39 Å². The van der Waals surface area contributed by atoms with Crippen molar-refractivity contribution in [2.45, 2.75) is 0 Å². The van der Waals surface area contributed by atoms with E-state index in [1.807, 2.05) is 6.07 Å². The van der Waals surface area contributed by atoms with Crippen LogP contribution in [0.3, 0.4) is 0 Å². The van der Waals surface area contributed by atoms with Gasteiger partial charge in [-0.25, -0.2) is 9.37 Å². The van der Waals surface area contributed by atoms with Crippen molar-refractivity contribution in [1.29, 1.82) is 10.5 Å². The van der Waals surface area contributed by atoms with Crippen LogP contribution in [0.15, 0.2) is 30.5 Å². The van der Waals surface area contributed by atoms with Crippen LogP contribution in [0.5, 0.6) is 11.8 Å². The highest BCUT2D eigenvalue weighted by Gasteiger charge is 2.06. The minimum absolute atomic E-state index is 0.0573. The van der Waals surface area contributed by atoms with Crippen LogP contribution < -0.4 is 4.74 Å². The van der Waals surface area contributed by atoms with E-state index in [2.05, 4.69) is 9.97 Å². The first-order chi connectivity index (χ1) is 8.72. The zero-order valence-electron chi connectivity index (χ0n) is 8.96. The molecule has 5 nitrogen and oxygen atoms in total. The van der Waals surface area contributed by atoms with Crippen molar-refractivity contribution in [2.24, 2.45) is 0 Å². The summed E-state index contributed by atoms with van der Waals surface area (Å²) >= 11 is 0. The second-order valence-electron chi connectivity index (χ2n) is 3.19. The van der Waals surface area contributed by atoms with Crippen molar-refractivity contribution < 1.29 is 9.13 Å². The van der Waals surface area contributed by atoms with Crippen molar-refractivity contribution in [3.05, 3.63) is 47.5 Å². The van der Waals surface area contributed by atoms with Gasteiger partial charge in [0, 0.05) is 12.3 Å². The van der Waals surface area contributed by atoms with Crippen molar-refractivity contribution in [3.8, 4) is 23.9 Å². The molecule has 0 saturated heterocycles. The number of hydrogen-bond donors (Lipinski definition) is 0. The Morgan fingerprint density at radius 1 is 1.17 bits per heavy atom. The van der Waals surface area contributed by atoms with Gasteiger partial charge < -0.3 is 4.74 Å². The van der Waals surface area contributed by atoms with E-state index in [0.29, 0.717) is 0 Å². The maximum absolute atomic E-state index is 13.3. The molecule has 0 unspecified atom stereocenters. The fourth-order valence-electron chi connectivity index (χ4n) is 1.21. The lowest BCUT2D eigenvalue weighted by atomic mass is 10.2.